The summed E-state index contributed by atoms with van der Waals surface area (Å²) < 4.78 is 43.3. The van der Waals surface area contributed by atoms with Gasteiger partial charge in [0.05, 0.1) is 110 Å². The smallest absolute Gasteiger partial charge is 0.255 e. The number of fused-ring (bicyclic) bond motifs is 1. The number of hydrogen-bond donors (Lipinski definition) is 2. The maximum absolute atomic E-state index is 14.0. The summed E-state index contributed by atoms with van der Waals surface area (Å²) in [6, 6.07) is 24.2. The second kappa shape index (κ2) is 34.1. The van der Waals surface area contributed by atoms with Gasteiger partial charge in [-0.3, -0.25) is 29.1 Å². The van der Waals surface area contributed by atoms with Gasteiger partial charge in [0, 0.05) is 101 Å². The zero-order valence-electron chi connectivity index (χ0n) is 45.7. The molecule has 2 heterocycles. The molecule has 2 aliphatic rings. The van der Waals surface area contributed by atoms with E-state index in [2.05, 4.69) is 51.4 Å². The molecule has 0 saturated carbocycles. The molecule has 77 heavy (non-hydrogen) atoms. The molecule has 1 fully saturated rings. The molecule has 4 aromatic rings. The summed E-state index contributed by atoms with van der Waals surface area (Å²) in [4.78, 5) is 66.9. The highest BCUT2D eigenvalue weighted by Gasteiger charge is 2.25. The van der Waals surface area contributed by atoms with Gasteiger partial charge in [0.25, 0.3) is 17.7 Å². The topological polar surface area (TPSA) is 192 Å². The molecule has 1 aliphatic carbocycles. The molecule has 4 amide bonds. The van der Waals surface area contributed by atoms with Crippen LogP contribution in [0.15, 0.2) is 85.1 Å². The van der Waals surface area contributed by atoms with E-state index in [-0.39, 0.29) is 36.3 Å². The van der Waals surface area contributed by atoms with Crippen LogP contribution in [0.1, 0.15) is 74.9 Å². The summed E-state index contributed by atoms with van der Waals surface area (Å²) in [7, 11) is 3.39. The Kier molecular flexibility index (Phi) is 26.7. The predicted octanol–water partition coefficient (Wildman–Crippen LogP) is 5.63. The van der Waals surface area contributed by atoms with Crippen molar-refractivity contribution >= 4 is 35.0 Å². The third kappa shape index (κ3) is 20.1. The molecule has 1 saturated heterocycles. The number of ether oxygens (including phenoxy) is 8. The van der Waals surface area contributed by atoms with Crippen LogP contribution in [-0.2, 0) is 49.1 Å². The number of piperazine rings is 1. The molecule has 2 N–H and O–H groups in total. The van der Waals surface area contributed by atoms with Gasteiger partial charge in [0.1, 0.15) is 6.61 Å². The van der Waals surface area contributed by atoms with E-state index in [0.29, 0.717) is 165 Å². The van der Waals surface area contributed by atoms with Gasteiger partial charge in [-0.15, -0.1) is 0 Å². The van der Waals surface area contributed by atoms with Crippen molar-refractivity contribution in [3.05, 3.63) is 113 Å². The lowest BCUT2D eigenvalue weighted by Gasteiger charge is -2.35. The number of pyridine rings is 1. The van der Waals surface area contributed by atoms with Crippen LogP contribution in [0.25, 0.3) is 11.3 Å². The van der Waals surface area contributed by atoms with Crippen molar-refractivity contribution in [2.45, 2.75) is 39.2 Å². The molecule has 0 unspecified atom stereocenters. The fourth-order valence-electron chi connectivity index (χ4n) is 9.04. The van der Waals surface area contributed by atoms with E-state index < -0.39 is 0 Å². The van der Waals surface area contributed by atoms with E-state index in [0.717, 1.165) is 43.6 Å². The number of nitrogens with one attached hydrogen (secondary N) is 2. The number of aryl methyl sites for hydroxylation is 1. The number of methoxy groups -OCH3 is 1. The van der Waals surface area contributed by atoms with E-state index >= 15 is 0 Å². The van der Waals surface area contributed by atoms with Crippen LogP contribution < -0.4 is 15.5 Å². The molecule has 1 aromatic heterocycles. The van der Waals surface area contributed by atoms with E-state index in [9.17, 15) is 19.2 Å². The van der Waals surface area contributed by atoms with Crippen molar-refractivity contribution in [1.82, 2.24) is 25.0 Å². The zero-order valence-corrected chi connectivity index (χ0v) is 45.7. The fourth-order valence-corrected chi connectivity index (χ4v) is 9.04. The number of aromatic nitrogens is 1. The second-order valence-corrected chi connectivity index (χ2v) is 18.7. The van der Waals surface area contributed by atoms with E-state index in [1.165, 1.54) is 5.56 Å². The first-order chi connectivity index (χ1) is 37.7. The highest BCUT2D eigenvalue weighted by atomic mass is 16.6. The highest BCUT2D eigenvalue weighted by Crippen LogP contribution is 2.33. The second-order valence-electron chi connectivity index (χ2n) is 18.7. The van der Waals surface area contributed by atoms with E-state index in [4.69, 9.17) is 37.9 Å². The summed E-state index contributed by atoms with van der Waals surface area (Å²) in [5.41, 5.74) is 6.30. The van der Waals surface area contributed by atoms with Crippen molar-refractivity contribution in [2.75, 3.05) is 176 Å². The van der Waals surface area contributed by atoms with Crippen LogP contribution in [0.3, 0.4) is 0 Å². The summed E-state index contributed by atoms with van der Waals surface area (Å²) >= 11 is 0. The largest absolute Gasteiger partial charge is 0.382 e. The molecule has 19 heteroatoms. The molecule has 0 radical (unpaired) electrons. The highest BCUT2D eigenvalue weighted by molar-refractivity contribution is 6.08. The van der Waals surface area contributed by atoms with Crippen molar-refractivity contribution in [3.63, 3.8) is 0 Å². The Balaban J connectivity index is 0.866. The van der Waals surface area contributed by atoms with Gasteiger partial charge in [-0.1, -0.05) is 30.3 Å². The third-order valence-electron chi connectivity index (χ3n) is 13.4. The van der Waals surface area contributed by atoms with Crippen LogP contribution in [0.2, 0.25) is 0 Å². The molecular weight excluding hydrogens is 987 g/mol. The maximum Gasteiger partial charge on any atom is 0.255 e. The molecule has 1 atom stereocenters. The Morgan fingerprint density at radius 1 is 0.649 bits per heavy atom. The number of amides is 4. The van der Waals surface area contributed by atoms with Gasteiger partial charge in [0.15, 0.2) is 0 Å². The average Bonchev–Trinajstić information content (AvgIpc) is 3.47. The first kappa shape index (κ1) is 60.4. The maximum atomic E-state index is 14.0. The van der Waals surface area contributed by atoms with Crippen LogP contribution in [0.4, 0.5) is 11.4 Å². The number of nitrogens with zero attached hydrogens (tertiary/aromatic N) is 5. The number of benzene rings is 3. The minimum Gasteiger partial charge on any atom is -0.382 e. The van der Waals surface area contributed by atoms with Gasteiger partial charge >= 0.3 is 0 Å². The SMILES string of the molecule is CCN(CC)c1ccc(NC(=O)c2cccc(C(=O)N(C)CCN3CCN(C(=O)COCCOCCOCCOCCOCCOCCOCCOC)CC3)c2)c(-c2cc(C(=O)N[C@H]3CCCc4ccccc43)ccn2)c1. The normalized spacial score (nSPS) is 14.5. The lowest BCUT2D eigenvalue weighted by atomic mass is 9.87. The van der Waals surface area contributed by atoms with Crippen molar-refractivity contribution < 1.29 is 57.1 Å². The van der Waals surface area contributed by atoms with Crippen LogP contribution in [-0.4, -0.2) is 209 Å². The Hall–Kier alpha value is -5.87. The zero-order chi connectivity index (χ0) is 54.5. The number of likely N-dealkylation sites (N-methyl/N-ethyl adjacent to an activating group) is 1. The minimum absolute atomic E-state index is 0.0153. The number of anilines is 2. The van der Waals surface area contributed by atoms with Crippen LogP contribution >= 0.6 is 0 Å². The average molecular weight is 1070 g/mol. The fraction of sp³-hybridized carbons (Fsp3) is 0.534. The molecular formula is C58H81N7O12. The quantitative estimate of drug-likeness (QED) is 0.0539. The van der Waals surface area contributed by atoms with Crippen LogP contribution in [0.5, 0.6) is 0 Å². The summed E-state index contributed by atoms with van der Waals surface area (Å²) in [6.07, 6.45) is 4.50. The summed E-state index contributed by atoms with van der Waals surface area (Å²) in [5.74, 6) is -0.847. The van der Waals surface area contributed by atoms with E-state index in [1.807, 2.05) is 30.3 Å². The molecule has 19 nitrogen and oxygen atoms in total. The van der Waals surface area contributed by atoms with Crippen molar-refractivity contribution in [2.24, 2.45) is 0 Å². The van der Waals surface area contributed by atoms with Crippen molar-refractivity contribution in [3.8, 4) is 11.3 Å². The standard InChI is InChI=1S/C58H81N7O12/c1-5-64(6-2)49-17-18-53(51(43-49)54-42-47(19-20-59-54)57(68)60-52-16-10-12-45-11-7-8-15-50(45)52)61-56(67)46-13-9-14-48(41-46)58(69)62(3)21-22-63-23-25-65(26-24-63)55(66)44-77-40-39-76-38-37-75-36-35-74-34-33-73-32-31-72-30-29-71-28-27-70-4/h7-9,11,13-15,17-20,41-43,52H,5-6,10,12,16,21-40,44H2,1-4H3,(H,60,68)(H,61,67)/t52-/m0/s1. The molecule has 0 bridgehead atoms. The van der Waals surface area contributed by atoms with Gasteiger partial charge in [-0.2, -0.15) is 0 Å². The molecule has 420 valence electrons. The summed E-state index contributed by atoms with van der Waals surface area (Å²) in [6.45, 7) is 15.9. The first-order valence-corrected chi connectivity index (χ1v) is 27.1. The Labute approximate surface area is 454 Å². The molecule has 3 aromatic carbocycles. The third-order valence-corrected chi connectivity index (χ3v) is 13.4. The molecule has 6 rings (SSSR count). The number of carbonyl (C=O) groups excluding carboxylic acids is 4. The minimum atomic E-state index is -0.386. The number of hydrogen-bond acceptors (Lipinski definition) is 15. The van der Waals surface area contributed by atoms with Gasteiger partial charge in [0.2, 0.25) is 5.91 Å². The van der Waals surface area contributed by atoms with Gasteiger partial charge in [-0.05, 0) is 92.8 Å². The van der Waals surface area contributed by atoms with Gasteiger partial charge < -0.3 is 63.2 Å². The summed E-state index contributed by atoms with van der Waals surface area (Å²) in [5, 5.41) is 6.34. The van der Waals surface area contributed by atoms with E-state index in [1.54, 1.807) is 66.6 Å². The number of carbonyl (C=O) groups is 4. The predicted molar refractivity (Wildman–Crippen MR) is 295 cm³/mol. The Bertz CT molecular complexity index is 2420. The van der Waals surface area contributed by atoms with Gasteiger partial charge in [-0.25, -0.2) is 0 Å². The lowest BCUT2D eigenvalue weighted by molar-refractivity contribution is -0.138. The lowest BCUT2D eigenvalue weighted by Crippen LogP contribution is -2.51. The molecule has 1 aliphatic heterocycles. The monoisotopic (exact) mass is 1070 g/mol. The first-order valence-electron chi connectivity index (χ1n) is 27.1. The van der Waals surface area contributed by atoms with Crippen molar-refractivity contribution in [1.29, 1.82) is 0 Å². The van der Waals surface area contributed by atoms with Crippen LogP contribution in [0, 0.1) is 0 Å². The number of rotatable bonds is 35. The molecule has 0 spiro atoms. The Morgan fingerprint density at radius 2 is 1.25 bits per heavy atom. The Morgan fingerprint density at radius 3 is 1.88 bits per heavy atom.